The van der Waals surface area contributed by atoms with Crippen LogP contribution in [0.25, 0.3) is 0 Å². The topological polar surface area (TPSA) is 0 Å². The minimum absolute atomic E-state index is 1.15. The van der Waals surface area contributed by atoms with Crippen molar-refractivity contribution in [3.63, 3.8) is 0 Å². The van der Waals surface area contributed by atoms with Crippen LogP contribution < -0.4 is 0 Å². The highest BCUT2D eigenvalue weighted by Gasteiger charge is 2.35. The number of hydrogen-bond donors (Lipinski definition) is 0. The monoisotopic (exact) mass is 735 g/mol. The van der Waals surface area contributed by atoms with E-state index in [-0.39, 0.29) is 0 Å². The average molecular weight is 735 g/mol. The molecule has 0 aromatic rings. The molecule has 16 aliphatic carbocycles. The molecular formula is C53H98. The molecule has 16 aliphatic rings. The standard InChI is InChI=1S/C8H14.2C7H12.C7H14.C6H10.C6H12.C5H10.C4H8.C3H6/c1-2-8-5-3-7(1)4-6-8;1-2-7-4-3-6(1)5-7;1-2-6-4-7(3-1)5-6;1-2-4-6-7-5-3-1;1-2-6-3-5(1)4-6;1-2-4-6-5-3-1;1-2-4-5-3-1;1-2-4-3-1;1-2-3-1/h7-8H,1-6H2;2*6-7H,1-5H2;1-7H2;5-6H,1-4H2;1-6H2;1-5H2;1-4H2;1-3H2. The van der Waals surface area contributed by atoms with Crippen molar-refractivity contribution in [1.82, 2.24) is 0 Å². The summed E-state index contributed by atoms with van der Waals surface area (Å²) in [6.45, 7) is 0. The van der Waals surface area contributed by atoms with E-state index in [4.69, 9.17) is 0 Å². The Morgan fingerprint density at radius 1 is 0.113 bits per heavy atom. The number of hydrogen-bond acceptors (Lipinski definition) is 0. The quantitative estimate of drug-likeness (QED) is 0.217. The number of rotatable bonds is 0. The molecule has 0 heteroatoms. The molecular weight excluding hydrogens is 637 g/mol. The zero-order chi connectivity index (χ0) is 36.4. The fourth-order valence-corrected chi connectivity index (χ4v) is 11.7. The van der Waals surface area contributed by atoms with E-state index in [1.807, 2.05) is 0 Å². The molecule has 0 atom stereocenters. The predicted molar refractivity (Wildman–Crippen MR) is 236 cm³/mol. The Bertz CT molecular complexity index is 695. The lowest BCUT2D eigenvalue weighted by Crippen LogP contribution is -2.28. The van der Waals surface area contributed by atoms with Crippen LogP contribution in [0.15, 0.2) is 0 Å². The summed E-state index contributed by atoms with van der Waals surface area (Å²) in [4.78, 5) is 0. The second-order valence-electron chi connectivity index (χ2n) is 21.3. The van der Waals surface area contributed by atoms with E-state index in [9.17, 15) is 0 Å². The third-order valence-corrected chi connectivity index (χ3v) is 16.3. The molecule has 0 radical (unpaired) electrons. The fraction of sp³-hybridized carbons (Fsp3) is 1.00. The van der Waals surface area contributed by atoms with Crippen molar-refractivity contribution in [1.29, 1.82) is 0 Å². The molecule has 8 bridgehead atoms. The third kappa shape index (κ3) is 20.8. The Kier molecular flexibility index (Phi) is 23.6. The molecule has 0 nitrogen and oxygen atoms in total. The molecule has 16 rings (SSSR count). The molecule has 0 heterocycles. The molecule has 0 unspecified atom stereocenters. The maximum atomic E-state index is 1.58. The van der Waals surface area contributed by atoms with Crippen LogP contribution in [0.3, 0.4) is 0 Å². The molecule has 310 valence electrons. The SMILES string of the molecule is C1CC1.C1CC2CC(C1)C2.C1CC2CC1C2.C1CC2CCC1C2.C1CC2CCC1CC2.C1CCC1.C1CCCC1.C1CCCCC1.C1CCCCCC1. The van der Waals surface area contributed by atoms with Crippen molar-refractivity contribution in [2.45, 2.75) is 289 Å². The van der Waals surface area contributed by atoms with Gasteiger partial charge in [0, 0.05) is 0 Å². The summed E-state index contributed by atoms with van der Waals surface area (Å²) in [6, 6.07) is 0. The van der Waals surface area contributed by atoms with Gasteiger partial charge in [-0.05, 0) is 79.4 Å². The largest absolute Gasteiger partial charge is 0.0533 e. The van der Waals surface area contributed by atoms with Gasteiger partial charge in [0.05, 0.1) is 0 Å². The lowest BCUT2D eigenvalue weighted by molar-refractivity contribution is 0.116. The Morgan fingerprint density at radius 2 is 0.264 bits per heavy atom. The summed E-state index contributed by atoms with van der Waals surface area (Å²) in [6.07, 6.45) is 68.8. The highest BCUT2D eigenvalue weighted by Crippen LogP contribution is 2.48. The Morgan fingerprint density at radius 3 is 0.340 bits per heavy atom. The van der Waals surface area contributed by atoms with Gasteiger partial charge in [0.15, 0.2) is 0 Å². The van der Waals surface area contributed by atoms with Gasteiger partial charge >= 0.3 is 0 Å². The molecule has 0 aromatic carbocycles. The van der Waals surface area contributed by atoms with Gasteiger partial charge in [-0.3, -0.25) is 0 Å². The Hall–Kier alpha value is 0. The van der Waals surface area contributed by atoms with Gasteiger partial charge in [-0.15, -0.1) is 0 Å². The first-order chi connectivity index (χ1) is 26.3. The second kappa shape index (κ2) is 28.4. The van der Waals surface area contributed by atoms with E-state index in [2.05, 4.69) is 0 Å². The van der Waals surface area contributed by atoms with E-state index >= 15 is 0 Å². The summed E-state index contributed by atoms with van der Waals surface area (Å²) in [7, 11) is 0. The van der Waals surface area contributed by atoms with Crippen molar-refractivity contribution >= 4 is 0 Å². The normalized spacial score (nSPS) is 36.7. The molecule has 0 spiro atoms. The second-order valence-corrected chi connectivity index (χ2v) is 21.3. The van der Waals surface area contributed by atoms with Crippen molar-refractivity contribution < 1.29 is 0 Å². The van der Waals surface area contributed by atoms with Gasteiger partial charge in [-0.25, -0.2) is 0 Å². The maximum absolute atomic E-state index is 1.58. The van der Waals surface area contributed by atoms with E-state index in [0.717, 1.165) is 11.8 Å². The Balaban J connectivity index is 0.000000116. The highest BCUT2D eigenvalue weighted by atomic mass is 14.4. The summed E-state index contributed by atoms with van der Waals surface area (Å²) >= 11 is 0. The summed E-state index contributed by atoms with van der Waals surface area (Å²) in [5.41, 5.74) is 0. The zero-order valence-electron chi connectivity index (χ0n) is 36.4. The smallest absolute Gasteiger partial charge is 0.0409 e. The predicted octanol–water partition coefficient (Wildman–Crippen LogP) is 18.5. The molecule has 16 saturated carbocycles. The van der Waals surface area contributed by atoms with Crippen molar-refractivity contribution in [3.05, 3.63) is 0 Å². The first-order valence-electron chi connectivity index (χ1n) is 26.3. The molecule has 0 saturated heterocycles. The fourth-order valence-electron chi connectivity index (χ4n) is 11.7. The number of fused-ring (bicyclic) bond motifs is 8. The van der Waals surface area contributed by atoms with Gasteiger partial charge in [0.2, 0.25) is 0 Å². The first kappa shape index (κ1) is 44.1. The highest BCUT2D eigenvalue weighted by molar-refractivity contribution is 4.87. The van der Waals surface area contributed by atoms with Crippen LogP contribution in [0.4, 0.5) is 0 Å². The maximum Gasteiger partial charge on any atom is -0.0409 e. The lowest BCUT2D eigenvalue weighted by atomic mass is 9.65. The summed E-state index contributed by atoms with van der Waals surface area (Å²) in [5, 5.41) is 0. The van der Waals surface area contributed by atoms with E-state index in [1.165, 1.54) is 202 Å². The van der Waals surface area contributed by atoms with Crippen LogP contribution in [0.5, 0.6) is 0 Å². The van der Waals surface area contributed by atoms with Gasteiger partial charge in [-0.2, -0.15) is 0 Å². The van der Waals surface area contributed by atoms with Crippen molar-refractivity contribution in [3.8, 4) is 0 Å². The summed E-state index contributed by atoms with van der Waals surface area (Å²) in [5.74, 6) is 9.39. The zero-order valence-corrected chi connectivity index (χ0v) is 36.4. The summed E-state index contributed by atoms with van der Waals surface area (Å²) < 4.78 is 0. The van der Waals surface area contributed by atoms with Crippen LogP contribution in [0.1, 0.15) is 289 Å². The van der Waals surface area contributed by atoms with Gasteiger partial charge < -0.3 is 0 Å². The van der Waals surface area contributed by atoms with E-state index in [1.54, 1.807) is 122 Å². The van der Waals surface area contributed by atoms with Crippen molar-refractivity contribution in [2.24, 2.45) is 47.3 Å². The molecule has 53 heavy (non-hydrogen) atoms. The first-order valence-corrected chi connectivity index (χ1v) is 26.3. The van der Waals surface area contributed by atoms with Crippen molar-refractivity contribution in [2.75, 3.05) is 0 Å². The van der Waals surface area contributed by atoms with Gasteiger partial charge in [0.1, 0.15) is 0 Å². The van der Waals surface area contributed by atoms with Gasteiger partial charge in [-0.1, -0.05) is 257 Å². The molecule has 0 amide bonds. The van der Waals surface area contributed by atoms with E-state index in [0.29, 0.717) is 0 Å². The van der Waals surface area contributed by atoms with Crippen LogP contribution in [0, 0.1) is 47.3 Å². The Labute approximate surface area is 335 Å². The third-order valence-electron chi connectivity index (χ3n) is 16.3. The van der Waals surface area contributed by atoms with Crippen LogP contribution >= 0.6 is 0 Å². The van der Waals surface area contributed by atoms with Crippen LogP contribution in [0.2, 0.25) is 0 Å². The molecule has 0 aliphatic heterocycles. The molecule has 0 N–H and O–H groups in total. The minimum atomic E-state index is 1.15. The molecule has 16 fully saturated rings. The van der Waals surface area contributed by atoms with Crippen LogP contribution in [-0.2, 0) is 0 Å². The molecule has 0 aromatic heterocycles. The van der Waals surface area contributed by atoms with E-state index < -0.39 is 0 Å². The van der Waals surface area contributed by atoms with Gasteiger partial charge in [0.25, 0.3) is 0 Å². The average Bonchev–Trinajstić information content (AvgIpc) is 3.62. The lowest BCUT2D eigenvalue weighted by Gasteiger charge is -2.40. The minimum Gasteiger partial charge on any atom is -0.0533 e. The van der Waals surface area contributed by atoms with Crippen LogP contribution in [-0.4, -0.2) is 0 Å².